The normalized spacial score (nSPS) is 12.4. The zero-order valence-electron chi connectivity index (χ0n) is 21.8. The van der Waals surface area contributed by atoms with Crippen LogP contribution in [0.25, 0.3) is 0 Å². The molecule has 0 atom stereocenters. The molecule has 0 aliphatic carbocycles. The maximum absolute atomic E-state index is 12.0. The number of rotatable bonds is 15. The van der Waals surface area contributed by atoms with Gasteiger partial charge >= 0.3 is 206 Å². The third-order valence-corrected chi connectivity index (χ3v) is 9.30. The molecule has 0 rings (SSSR count). The van der Waals surface area contributed by atoms with Crippen LogP contribution < -0.4 is 0 Å². The SMILES string of the molecule is CC(=O)CC(=O)OC[C](C)(C)[Fe]([C](C)(C)COC(=O)CC(C)=O)[C](C)(C)COC(=O)CC(C)=O. The summed E-state index contributed by atoms with van der Waals surface area (Å²) in [5.41, 5.74) is 0. The van der Waals surface area contributed by atoms with Crippen molar-refractivity contribution in [3.8, 4) is 0 Å². The van der Waals surface area contributed by atoms with Crippen LogP contribution in [-0.2, 0) is 56.9 Å². The van der Waals surface area contributed by atoms with E-state index >= 15 is 0 Å². The summed E-state index contributed by atoms with van der Waals surface area (Å²) in [5.74, 6) is -2.80. The maximum atomic E-state index is 12.0. The first-order chi connectivity index (χ1) is 15.3. The van der Waals surface area contributed by atoms with Crippen molar-refractivity contribution in [2.24, 2.45) is 0 Å². The number of hydrogen-bond donors (Lipinski definition) is 0. The van der Waals surface area contributed by atoms with E-state index in [1.54, 1.807) is 0 Å². The third kappa shape index (κ3) is 11.9. The first-order valence-corrected chi connectivity index (χ1v) is 12.6. The van der Waals surface area contributed by atoms with E-state index in [1.165, 1.54) is 20.8 Å². The van der Waals surface area contributed by atoms with Gasteiger partial charge in [0.25, 0.3) is 0 Å². The molecule has 0 unspecified atom stereocenters. The van der Waals surface area contributed by atoms with E-state index in [2.05, 4.69) is 0 Å². The Morgan fingerprint density at radius 2 is 0.706 bits per heavy atom. The summed E-state index contributed by atoms with van der Waals surface area (Å²) in [6, 6.07) is 0. The predicted octanol–water partition coefficient (Wildman–Crippen LogP) is 3.77. The molecule has 9 nitrogen and oxygen atoms in total. The molecule has 197 valence electrons. The van der Waals surface area contributed by atoms with E-state index in [9.17, 15) is 28.8 Å². The number of Topliss-reactive ketones (excluding diaryl/α,β-unsaturated/α-hetero) is 3. The van der Waals surface area contributed by atoms with Gasteiger partial charge in [0.2, 0.25) is 0 Å². The molecule has 0 bridgehead atoms. The van der Waals surface area contributed by atoms with Gasteiger partial charge in [0.05, 0.1) is 0 Å². The molecule has 0 spiro atoms. The fraction of sp³-hybridized carbons (Fsp3) is 0.750. The topological polar surface area (TPSA) is 130 Å². The first-order valence-electron chi connectivity index (χ1n) is 10.9. The zero-order valence-corrected chi connectivity index (χ0v) is 22.9. The van der Waals surface area contributed by atoms with Crippen molar-refractivity contribution in [1.82, 2.24) is 0 Å². The quantitative estimate of drug-likeness (QED) is 0.135. The van der Waals surface area contributed by atoms with E-state index in [0.29, 0.717) is 0 Å². The van der Waals surface area contributed by atoms with Gasteiger partial charge in [-0.1, -0.05) is 0 Å². The molecule has 10 heteroatoms. The summed E-state index contributed by atoms with van der Waals surface area (Å²) in [6.45, 7) is 15.4. The predicted molar refractivity (Wildman–Crippen MR) is 121 cm³/mol. The van der Waals surface area contributed by atoms with Crippen LogP contribution in [0.4, 0.5) is 0 Å². The molecule has 0 saturated carbocycles. The molecule has 0 N–H and O–H groups in total. The van der Waals surface area contributed by atoms with Crippen LogP contribution in [-0.4, -0.2) is 55.1 Å². The Labute approximate surface area is 206 Å². The van der Waals surface area contributed by atoms with Crippen LogP contribution in [0.15, 0.2) is 0 Å². The average Bonchev–Trinajstić information content (AvgIpc) is 2.61. The van der Waals surface area contributed by atoms with Gasteiger partial charge in [0.1, 0.15) is 0 Å². The Kier molecular flexibility index (Phi) is 12.3. The summed E-state index contributed by atoms with van der Waals surface area (Å²) in [5, 5.41) is 0. The van der Waals surface area contributed by atoms with Crippen molar-refractivity contribution >= 4 is 35.3 Å². The molecular weight excluding hydrogens is 488 g/mol. The number of ether oxygens (including phenoxy) is 3. The molecule has 0 amide bonds. The Hall–Kier alpha value is -2.06. The molecule has 0 fully saturated rings. The van der Waals surface area contributed by atoms with Crippen LogP contribution in [0.3, 0.4) is 0 Å². The van der Waals surface area contributed by atoms with E-state index < -0.39 is 44.7 Å². The molecule has 0 aromatic rings. The van der Waals surface area contributed by atoms with Crippen LogP contribution in [0.2, 0.25) is 12.9 Å². The van der Waals surface area contributed by atoms with Crippen LogP contribution in [0, 0.1) is 0 Å². The van der Waals surface area contributed by atoms with Crippen LogP contribution in [0.5, 0.6) is 0 Å². The van der Waals surface area contributed by atoms with E-state index in [0.717, 1.165) is 0 Å². The summed E-state index contributed by atoms with van der Waals surface area (Å²) < 4.78 is 14.3. The molecule has 0 aromatic carbocycles. The van der Waals surface area contributed by atoms with Crippen LogP contribution in [0.1, 0.15) is 81.6 Å². The Morgan fingerprint density at radius 3 is 0.882 bits per heavy atom. The number of hydrogen-bond acceptors (Lipinski definition) is 9. The number of esters is 3. The second-order valence-electron chi connectivity index (χ2n) is 9.94. The second kappa shape index (κ2) is 13.1. The molecule has 0 aromatic heterocycles. The van der Waals surface area contributed by atoms with Gasteiger partial charge in [-0.3, -0.25) is 0 Å². The van der Waals surface area contributed by atoms with E-state index in [1.807, 2.05) is 41.5 Å². The Balaban J connectivity index is 5.86. The monoisotopic (exact) mass is 527 g/mol. The minimum atomic E-state index is -1.48. The van der Waals surface area contributed by atoms with Gasteiger partial charge in [-0.05, 0) is 0 Å². The Morgan fingerprint density at radius 1 is 0.500 bits per heavy atom. The van der Waals surface area contributed by atoms with E-state index in [-0.39, 0.29) is 56.4 Å². The standard InChI is InChI=1S/3C8H13O3.Fe/c3*1-6(2)5-11-8(10)4-7(3)9;/h3*4-5H2,1-3H3;. The van der Waals surface area contributed by atoms with Gasteiger partial charge in [-0.25, -0.2) is 0 Å². The Bertz CT molecular complexity index is 692. The average molecular weight is 527 g/mol. The molecule has 0 heterocycles. The number of carbonyl (C=O) groups excluding carboxylic acids is 6. The fourth-order valence-corrected chi connectivity index (χ4v) is 10.4. The fourth-order valence-electron chi connectivity index (χ4n) is 3.61. The van der Waals surface area contributed by atoms with Crippen molar-refractivity contribution in [1.29, 1.82) is 0 Å². The number of carbonyl (C=O) groups is 6. The van der Waals surface area contributed by atoms with Crippen LogP contribution >= 0.6 is 0 Å². The van der Waals surface area contributed by atoms with Crippen molar-refractivity contribution in [2.75, 3.05) is 19.8 Å². The van der Waals surface area contributed by atoms with Gasteiger partial charge in [-0.15, -0.1) is 0 Å². The summed E-state index contributed by atoms with van der Waals surface area (Å²) in [6.07, 6.45) is -0.976. The van der Waals surface area contributed by atoms with E-state index in [4.69, 9.17) is 14.2 Å². The molecule has 0 aliphatic rings. The molecule has 0 aliphatic heterocycles. The van der Waals surface area contributed by atoms with Crippen molar-refractivity contribution in [2.45, 2.75) is 94.5 Å². The van der Waals surface area contributed by atoms with Crippen molar-refractivity contribution in [3.63, 3.8) is 0 Å². The van der Waals surface area contributed by atoms with Crippen molar-refractivity contribution in [3.05, 3.63) is 0 Å². The molecule has 34 heavy (non-hydrogen) atoms. The van der Waals surface area contributed by atoms with Gasteiger partial charge < -0.3 is 0 Å². The number of ketones is 3. The summed E-state index contributed by atoms with van der Waals surface area (Å²) in [7, 11) is 0. The summed E-state index contributed by atoms with van der Waals surface area (Å²) in [4.78, 5) is 69.8. The van der Waals surface area contributed by atoms with Crippen molar-refractivity contribution < 1.29 is 56.9 Å². The molecule has 0 saturated heterocycles. The van der Waals surface area contributed by atoms with Gasteiger partial charge in [0, 0.05) is 0 Å². The molecular formula is C24H39FeO9. The van der Waals surface area contributed by atoms with Gasteiger partial charge in [0.15, 0.2) is 0 Å². The third-order valence-electron chi connectivity index (χ3n) is 4.33. The molecule has 0 radical (unpaired) electrons. The zero-order chi connectivity index (χ0) is 26.9. The second-order valence-corrected chi connectivity index (χ2v) is 15.3. The summed E-state index contributed by atoms with van der Waals surface area (Å²) >= 11 is -1.48. The minimum absolute atomic E-state index is 0.00869. The first kappa shape index (κ1) is 31.9. The van der Waals surface area contributed by atoms with Gasteiger partial charge in [-0.2, -0.15) is 0 Å².